The van der Waals surface area contributed by atoms with Crippen molar-refractivity contribution in [3.63, 3.8) is 0 Å². The Balaban J connectivity index is 2.07. The molecule has 2 rings (SSSR count). The SMILES string of the molecule is Cc1nonc1CSc1nc(N)cc(N)n1. The standard InChI is InChI=1S/C8H10N6OS/c1-4-5(14-15-13-4)3-16-8-11-6(9)2-7(10)12-8/h2H,3H2,1H3,(H4,9,10,11,12). The fourth-order valence-electron chi connectivity index (χ4n) is 1.04. The molecule has 0 spiro atoms. The molecule has 7 nitrogen and oxygen atoms in total. The van der Waals surface area contributed by atoms with Crippen molar-refractivity contribution in [2.75, 3.05) is 11.5 Å². The van der Waals surface area contributed by atoms with E-state index in [-0.39, 0.29) is 0 Å². The number of rotatable bonds is 3. The van der Waals surface area contributed by atoms with Gasteiger partial charge in [0.05, 0.1) is 0 Å². The van der Waals surface area contributed by atoms with Crippen LogP contribution in [0.15, 0.2) is 15.9 Å². The van der Waals surface area contributed by atoms with E-state index in [0.29, 0.717) is 22.5 Å². The van der Waals surface area contributed by atoms with E-state index >= 15 is 0 Å². The van der Waals surface area contributed by atoms with Crippen molar-refractivity contribution in [1.82, 2.24) is 20.3 Å². The maximum Gasteiger partial charge on any atom is 0.191 e. The predicted molar refractivity (Wildman–Crippen MR) is 59.5 cm³/mol. The van der Waals surface area contributed by atoms with Crippen LogP contribution in [0.5, 0.6) is 0 Å². The second-order valence-corrected chi connectivity index (χ2v) is 4.03. The van der Waals surface area contributed by atoms with Gasteiger partial charge in [-0.25, -0.2) is 14.6 Å². The summed E-state index contributed by atoms with van der Waals surface area (Å²) in [5.41, 5.74) is 12.6. The van der Waals surface area contributed by atoms with Crippen molar-refractivity contribution >= 4 is 23.4 Å². The van der Waals surface area contributed by atoms with E-state index in [1.807, 2.05) is 6.92 Å². The predicted octanol–water partition coefficient (Wildman–Crippen LogP) is 0.625. The number of aromatic nitrogens is 4. The number of thioether (sulfide) groups is 1. The van der Waals surface area contributed by atoms with Gasteiger partial charge in [-0.1, -0.05) is 22.1 Å². The smallest absolute Gasteiger partial charge is 0.191 e. The minimum absolute atomic E-state index is 0.352. The highest BCUT2D eigenvalue weighted by molar-refractivity contribution is 7.98. The summed E-state index contributed by atoms with van der Waals surface area (Å²) in [6.45, 7) is 1.82. The van der Waals surface area contributed by atoms with Gasteiger partial charge in [0.1, 0.15) is 23.0 Å². The third-order valence-electron chi connectivity index (χ3n) is 1.83. The molecule has 0 amide bonds. The van der Waals surface area contributed by atoms with Gasteiger partial charge >= 0.3 is 0 Å². The van der Waals surface area contributed by atoms with Crippen molar-refractivity contribution in [3.05, 3.63) is 17.5 Å². The van der Waals surface area contributed by atoms with Crippen LogP contribution in [0.4, 0.5) is 11.6 Å². The molecular formula is C8H10N6OS. The summed E-state index contributed by atoms with van der Waals surface area (Å²) in [7, 11) is 0. The molecule has 2 aromatic heterocycles. The van der Waals surface area contributed by atoms with Crippen LogP contribution in [0.1, 0.15) is 11.4 Å². The van der Waals surface area contributed by atoms with Gasteiger partial charge in [-0.05, 0) is 6.92 Å². The number of nitrogens with two attached hydrogens (primary N) is 2. The Labute approximate surface area is 95.6 Å². The average Bonchev–Trinajstić information content (AvgIpc) is 2.59. The van der Waals surface area contributed by atoms with E-state index in [0.717, 1.165) is 11.4 Å². The highest BCUT2D eigenvalue weighted by Gasteiger charge is 2.08. The molecule has 0 fully saturated rings. The third kappa shape index (κ3) is 2.40. The van der Waals surface area contributed by atoms with Crippen LogP contribution in [0.25, 0.3) is 0 Å². The van der Waals surface area contributed by atoms with E-state index in [4.69, 9.17) is 11.5 Å². The summed E-state index contributed by atoms with van der Waals surface area (Å²) in [4.78, 5) is 8.07. The van der Waals surface area contributed by atoms with Crippen molar-refractivity contribution < 1.29 is 4.63 Å². The lowest BCUT2D eigenvalue weighted by Gasteiger charge is -2.00. The number of nitrogen functional groups attached to an aromatic ring is 2. The molecule has 0 saturated heterocycles. The van der Waals surface area contributed by atoms with Crippen molar-refractivity contribution in [3.8, 4) is 0 Å². The van der Waals surface area contributed by atoms with Gasteiger partial charge in [-0.2, -0.15) is 0 Å². The van der Waals surface area contributed by atoms with Crippen LogP contribution in [-0.2, 0) is 5.75 Å². The van der Waals surface area contributed by atoms with Crippen LogP contribution in [-0.4, -0.2) is 20.3 Å². The first-order chi connectivity index (χ1) is 7.65. The largest absolute Gasteiger partial charge is 0.383 e. The quantitative estimate of drug-likeness (QED) is 0.590. The van der Waals surface area contributed by atoms with E-state index < -0.39 is 0 Å². The monoisotopic (exact) mass is 238 g/mol. The van der Waals surface area contributed by atoms with Gasteiger partial charge in [0.15, 0.2) is 5.16 Å². The Morgan fingerprint density at radius 1 is 1.25 bits per heavy atom. The lowest BCUT2D eigenvalue weighted by molar-refractivity contribution is 0.302. The topological polar surface area (TPSA) is 117 Å². The van der Waals surface area contributed by atoms with E-state index in [1.165, 1.54) is 17.8 Å². The Morgan fingerprint density at radius 3 is 2.50 bits per heavy atom. The Kier molecular flexibility index (Phi) is 2.91. The molecule has 0 aliphatic carbocycles. The molecule has 0 aliphatic heterocycles. The van der Waals surface area contributed by atoms with Gasteiger partial charge in [0.2, 0.25) is 0 Å². The Morgan fingerprint density at radius 2 is 1.94 bits per heavy atom. The first-order valence-electron chi connectivity index (χ1n) is 4.46. The second-order valence-electron chi connectivity index (χ2n) is 3.09. The molecule has 0 radical (unpaired) electrons. The van der Waals surface area contributed by atoms with Crippen LogP contribution in [0.2, 0.25) is 0 Å². The summed E-state index contributed by atoms with van der Waals surface area (Å²) in [5.74, 6) is 1.27. The zero-order valence-electron chi connectivity index (χ0n) is 8.54. The van der Waals surface area contributed by atoms with Gasteiger partial charge in [0.25, 0.3) is 0 Å². The van der Waals surface area contributed by atoms with Crippen molar-refractivity contribution in [2.45, 2.75) is 17.8 Å². The third-order valence-corrected chi connectivity index (χ3v) is 2.69. The molecule has 0 bridgehead atoms. The maximum absolute atomic E-state index is 5.55. The first-order valence-corrected chi connectivity index (χ1v) is 5.44. The van der Waals surface area contributed by atoms with E-state index in [1.54, 1.807) is 0 Å². The fraction of sp³-hybridized carbons (Fsp3) is 0.250. The lowest BCUT2D eigenvalue weighted by Crippen LogP contribution is -1.99. The summed E-state index contributed by atoms with van der Waals surface area (Å²) < 4.78 is 4.58. The van der Waals surface area contributed by atoms with Crippen LogP contribution < -0.4 is 11.5 Å². The van der Waals surface area contributed by atoms with E-state index in [2.05, 4.69) is 24.9 Å². The molecule has 0 saturated carbocycles. The summed E-state index contributed by atoms with van der Waals surface area (Å²) in [6.07, 6.45) is 0. The molecule has 2 aromatic rings. The van der Waals surface area contributed by atoms with Crippen LogP contribution >= 0.6 is 11.8 Å². The fourth-order valence-corrected chi connectivity index (χ4v) is 1.91. The molecule has 0 aromatic carbocycles. The minimum atomic E-state index is 0.352. The van der Waals surface area contributed by atoms with Gasteiger partial charge in [0, 0.05) is 11.8 Å². The molecule has 8 heteroatoms. The van der Waals surface area contributed by atoms with Crippen molar-refractivity contribution in [2.24, 2.45) is 0 Å². The summed E-state index contributed by atoms with van der Waals surface area (Å²) in [6, 6.07) is 1.51. The van der Waals surface area contributed by atoms with Crippen LogP contribution in [0.3, 0.4) is 0 Å². The molecule has 0 aliphatic rings. The highest BCUT2D eigenvalue weighted by Crippen LogP contribution is 2.21. The van der Waals surface area contributed by atoms with Crippen molar-refractivity contribution in [1.29, 1.82) is 0 Å². The molecule has 2 heterocycles. The zero-order chi connectivity index (χ0) is 11.5. The number of nitrogens with zero attached hydrogens (tertiary/aromatic N) is 4. The highest BCUT2D eigenvalue weighted by atomic mass is 32.2. The van der Waals surface area contributed by atoms with Crippen LogP contribution in [0, 0.1) is 6.92 Å². The maximum atomic E-state index is 5.55. The number of anilines is 2. The first kappa shape index (κ1) is 10.7. The molecule has 0 atom stereocenters. The zero-order valence-corrected chi connectivity index (χ0v) is 9.36. The molecule has 16 heavy (non-hydrogen) atoms. The average molecular weight is 238 g/mol. The lowest BCUT2D eigenvalue weighted by atomic mass is 10.4. The normalized spacial score (nSPS) is 10.6. The summed E-state index contributed by atoms with van der Waals surface area (Å²) >= 11 is 1.38. The van der Waals surface area contributed by atoms with Gasteiger partial charge in [-0.15, -0.1) is 0 Å². The molecular weight excluding hydrogens is 228 g/mol. The van der Waals surface area contributed by atoms with Gasteiger partial charge in [-0.3, -0.25) is 0 Å². The molecule has 0 unspecified atom stereocenters. The number of hydrogen-bond acceptors (Lipinski definition) is 8. The molecule has 4 N–H and O–H groups in total. The number of hydrogen-bond donors (Lipinski definition) is 2. The molecule has 84 valence electrons. The van der Waals surface area contributed by atoms with Gasteiger partial charge < -0.3 is 11.5 Å². The Bertz CT molecular complexity index is 479. The minimum Gasteiger partial charge on any atom is -0.383 e. The summed E-state index contributed by atoms with van der Waals surface area (Å²) in [5, 5.41) is 7.94. The number of aryl methyl sites for hydroxylation is 1. The Hall–Kier alpha value is -1.83. The van der Waals surface area contributed by atoms with E-state index in [9.17, 15) is 0 Å². The second kappa shape index (κ2) is 4.35.